The van der Waals surface area contributed by atoms with Crippen molar-refractivity contribution in [1.82, 2.24) is 14.9 Å². The molecule has 0 unspecified atom stereocenters. The number of benzene rings is 1. The Morgan fingerprint density at radius 1 is 1.18 bits per heavy atom. The number of aliphatic hydroxyl groups is 1. The number of aromatic nitrogens is 2. The predicted octanol–water partition coefficient (Wildman–Crippen LogP) is -0.181. The summed E-state index contributed by atoms with van der Waals surface area (Å²) in [6.45, 7) is 0.130. The number of cyclic esters (lactones) is 1. The number of hydrogen-bond donors (Lipinski definition) is 3. The number of aliphatic hydroxyl groups excluding tert-OH is 1. The molecule has 6 rings (SSSR count). The number of fused-ring (bicyclic) bond motifs is 6. The second-order valence-corrected chi connectivity index (χ2v) is 7.99. The lowest BCUT2D eigenvalue weighted by molar-refractivity contribution is -0.157. The molecule has 5 heterocycles. The lowest BCUT2D eigenvalue weighted by Crippen LogP contribution is -2.32. The number of ether oxygens (including phenoxy) is 3. The number of carbonyl (C=O) groups excluding carboxylic acids is 2. The van der Waals surface area contributed by atoms with Crippen LogP contribution in [0.3, 0.4) is 0 Å². The van der Waals surface area contributed by atoms with Gasteiger partial charge in [0.25, 0.3) is 5.56 Å². The van der Waals surface area contributed by atoms with E-state index in [1.54, 1.807) is 12.1 Å². The van der Waals surface area contributed by atoms with Crippen molar-refractivity contribution in [3.63, 3.8) is 0 Å². The van der Waals surface area contributed by atoms with E-state index in [2.05, 4.69) is 5.32 Å². The number of pyridine rings is 2. The Kier molecular flexibility index (Phi) is 4.19. The molecule has 0 spiro atoms. The highest BCUT2D eigenvalue weighted by molar-refractivity contribution is 5.91. The SMILES string of the molecule is NCC(=O)NCc1c2c(nc3cc4c(cc13)OCO4)-c1cc3c(c(=O)n1C2)COC(=O)[C@H]3O. The van der Waals surface area contributed by atoms with Crippen LogP contribution in [0.1, 0.15) is 28.4 Å². The molecular weight excluding hydrogens is 432 g/mol. The summed E-state index contributed by atoms with van der Waals surface area (Å²) in [5, 5.41) is 13.8. The molecule has 1 aromatic carbocycles. The zero-order valence-corrected chi connectivity index (χ0v) is 17.2. The Labute approximate surface area is 185 Å². The monoisotopic (exact) mass is 450 g/mol. The average Bonchev–Trinajstić information content (AvgIpc) is 3.42. The fourth-order valence-corrected chi connectivity index (χ4v) is 4.56. The Hall–Kier alpha value is -3.96. The summed E-state index contributed by atoms with van der Waals surface area (Å²) in [5.74, 6) is -0.00529. The van der Waals surface area contributed by atoms with Gasteiger partial charge in [0.2, 0.25) is 12.7 Å². The largest absolute Gasteiger partial charge is 0.458 e. The van der Waals surface area contributed by atoms with Crippen LogP contribution in [0, 0.1) is 0 Å². The molecule has 0 saturated heterocycles. The maximum Gasteiger partial charge on any atom is 0.340 e. The smallest absolute Gasteiger partial charge is 0.340 e. The van der Waals surface area contributed by atoms with Crippen LogP contribution in [0.5, 0.6) is 11.5 Å². The third-order valence-corrected chi connectivity index (χ3v) is 6.22. The Balaban J connectivity index is 1.59. The molecule has 1 amide bonds. The van der Waals surface area contributed by atoms with Crippen LogP contribution < -0.4 is 26.1 Å². The van der Waals surface area contributed by atoms with E-state index in [9.17, 15) is 19.5 Å². The van der Waals surface area contributed by atoms with Crippen LogP contribution in [0.25, 0.3) is 22.3 Å². The van der Waals surface area contributed by atoms with Crippen LogP contribution in [0.2, 0.25) is 0 Å². The third-order valence-electron chi connectivity index (χ3n) is 6.22. The first-order valence-corrected chi connectivity index (χ1v) is 10.3. The number of esters is 1. The summed E-state index contributed by atoms with van der Waals surface area (Å²) in [6, 6.07) is 5.17. The maximum absolute atomic E-state index is 13.2. The van der Waals surface area contributed by atoms with Gasteiger partial charge in [0.15, 0.2) is 17.6 Å². The van der Waals surface area contributed by atoms with Gasteiger partial charge < -0.3 is 34.9 Å². The molecule has 0 fully saturated rings. The predicted molar refractivity (Wildman–Crippen MR) is 112 cm³/mol. The molecule has 168 valence electrons. The molecule has 33 heavy (non-hydrogen) atoms. The van der Waals surface area contributed by atoms with Crippen molar-refractivity contribution < 1.29 is 28.9 Å². The van der Waals surface area contributed by atoms with Gasteiger partial charge in [-0.2, -0.15) is 0 Å². The quantitative estimate of drug-likeness (QED) is 0.360. The van der Waals surface area contributed by atoms with Crippen molar-refractivity contribution in [1.29, 1.82) is 0 Å². The van der Waals surface area contributed by atoms with Gasteiger partial charge in [-0.1, -0.05) is 0 Å². The first-order chi connectivity index (χ1) is 16.0. The lowest BCUT2D eigenvalue weighted by Gasteiger charge is -2.21. The van der Waals surface area contributed by atoms with E-state index < -0.39 is 12.1 Å². The topological polar surface area (TPSA) is 155 Å². The van der Waals surface area contributed by atoms with Crippen LogP contribution in [-0.4, -0.2) is 39.9 Å². The molecule has 1 atom stereocenters. The Morgan fingerprint density at radius 2 is 1.97 bits per heavy atom. The molecule has 0 saturated carbocycles. The van der Waals surface area contributed by atoms with E-state index in [4.69, 9.17) is 24.9 Å². The Bertz CT molecular complexity index is 1450. The van der Waals surface area contributed by atoms with Crippen molar-refractivity contribution >= 4 is 22.8 Å². The van der Waals surface area contributed by atoms with Gasteiger partial charge >= 0.3 is 5.97 Å². The van der Waals surface area contributed by atoms with Crippen molar-refractivity contribution in [3.05, 3.63) is 50.8 Å². The summed E-state index contributed by atoms with van der Waals surface area (Å²) in [7, 11) is 0. The summed E-state index contributed by atoms with van der Waals surface area (Å²) in [6.07, 6.45) is -1.53. The standard InChI is InChI=1S/C22H18N4O7/c23-4-18(27)24-5-11-9-2-16-17(33-8-32-16)3-14(9)25-19-12(11)6-26-15(19)1-10-13(21(26)29)7-31-22(30)20(10)28/h1-3,20,28H,4-8,23H2,(H,24,27)/t20-/m0/s1. The van der Waals surface area contributed by atoms with Crippen LogP contribution >= 0.6 is 0 Å². The van der Waals surface area contributed by atoms with E-state index in [-0.39, 0.29) is 55.6 Å². The summed E-state index contributed by atoms with van der Waals surface area (Å²) in [5.41, 5.74) is 8.67. The minimum atomic E-state index is -1.53. The molecule has 11 heteroatoms. The minimum Gasteiger partial charge on any atom is -0.458 e. The van der Waals surface area contributed by atoms with Gasteiger partial charge in [-0.15, -0.1) is 0 Å². The van der Waals surface area contributed by atoms with Gasteiger partial charge in [-0.05, 0) is 17.7 Å². The average molecular weight is 450 g/mol. The lowest BCUT2D eigenvalue weighted by atomic mass is 9.98. The Morgan fingerprint density at radius 3 is 2.76 bits per heavy atom. The van der Waals surface area contributed by atoms with E-state index >= 15 is 0 Å². The highest BCUT2D eigenvalue weighted by Gasteiger charge is 2.35. The van der Waals surface area contributed by atoms with Crippen LogP contribution in [0.15, 0.2) is 23.0 Å². The van der Waals surface area contributed by atoms with E-state index in [0.717, 1.165) is 16.5 Å². The number of carbonyl (C=O) groups is 2. The molecular formula is C22H18N4O7. The van der Waals surface area contributed by atoms with Crippen molar-refractivity contribution in [2.75, 3.05) is 13.3 Å². The molecule has 3 aliphatic heterocycles. The minimum absolute atomic E-state index is 0.100. The zero-order chi connectivity index (χ0) is 22.9. The highest BCUT2D eigenvalue weighted by Crippen LogP contribution is 2.42. The van der Waals surface area contributed by atoms with Crippen LogP contribution in [0.4, 0.5) is 0 Å². The summed E-state index contributed by atoms with van der Waals surface area (Å²) >= 11 is 0. The van der Waals surface area contributed by atoms with Crippen molar-refractivity contribution in [2.24, 2.45) is 5.73 Å². The van der Waals surface area contributed by atoms with Gasteiger partial charge in [0.1, 0.15) is 6.61 Å². The number of nitrogens with one attached hydrogen (secondary N) is 1. The highest BCUT2D eigenvalue weighted by atomic mass is 16.7. The number of hydrogen-bond acceptors (Lipinski definition) is 9. The number of nitrogens with zero attached hydrogens (tertiary/aromatic N) is 2. The van der Waals surface area contributed by atoms with Gasteiger partial charge in [-0.25, -0.2) is 9.78 Å². The van der Waals surface area contributed by atoms with Gasteiger partial charge in [-0.3, -0.25) is 9.59 Å². The molecule has 0 radical (unpaired) electrons. The van der Waals surface area contributed by atoms with Crippen molar-refractivity contribution in [3.8, 4) is 22.9 Å². The molecule has 3 aromatic rings. The first-order valence-electron chi connectivity index (χ1n) is 10.3. The normalized spacial score (nSPS) is 17.4. The third kappa shape index (κ3) is 2.82. The second kappa shape index (κ2) is 7.02. The van der Waals surface area contributed by atoms with E-state index in [1.807, 2.05) is 6.07 Å². The number of nitrogens with two attached hydrogens (primary N) is 1. The van der Waals surface area contributed by atoms with E-state index in [0.29, 0.717) is 28.4 Å². The fourth-order valence-electron chi connectivity index (χ4n) is 4.56. The molecule has 0 aliphatic carbocycles. The number of rotatable bonds is 3. The molecule has 11 nitrogen and oxygen atoms in total. The van der Waals surface area contributed by atoms with Gasteiger partial charge in [0.05, 0.1) is 35.6 Å². The molecule has 2 aromatic heterocycles. The number of amides is 1. The fraction of sp³-hybridized carbons (Fsp3) is 0.273. The summed E-state index contributed by atoms with van der Waals surface area (Å²) < 4.78 is 17.5. The van der Waals surface area contributed by atoms with Crippen LogP contribution in [-0.2, 0) is 34.0 Å². The first kappa shape index (κ1) is 19.7. The maximum atomic E-state index is 13.2. The molecule has 3 aliphatic rings. The second-order valence-electron chi connectivity index (χ2n) is 7.99. The van der Waals surface area contributed by atoms with Gasteiger partial charge in [0, 0.05) is 29.1 Å². The molecule has 4 N–H and O–H groups in total. The molecule has 0 bridgehead atoms. The van der Waals surface area contributed by atoms with Crippen molar-refractivity contribution in [2.45, 2.75) is 25.8 Å². The van der Waals surface area contributed by atoms with E-state index in [1.165, 1.54) is 4.57 Å². The zero-order valence-electron chi connectivity index (χ0n) is 17.2. The summed E-state index contributed by atoms with van der Waals surface area (Å²) in [4.78, 5) is 41.8.